The molecule has 4 rings (SSSR count). The van der Waals surface area contributed by atoms with Crippen molar-refractivity contribution in [3.05, 3.63) is 89.7 Å². The van der Waals surface area contributed by atoms with Crippen LogP contribution in [0.3, 0.4) is 0 Å². The van der Waals surface area contributed by atoms with E-state index in [9.17, 15) is 22.4 Å². The van der Waals surface area contributed by atoms with Gasteiger partial charge in [-0.15, -0.1) is 0 Å². The van der Waals surface area contributed by atoms with E-state index in [1.54, 1.807) is 12.1 Å². The molecule has 0 spiro atoms. The summed E-state index contributed by atoms with van der Waals surface area (Å²) in [6, 6.07) is 18.5. The smallest absolute Gasteiger partial charge is 0.244 e. The molecule has 0 radical (unpaired) electrons. The van der Waals surface area contributed by atoms with Crippen LogP contribution in [0.1, 0.15) is 31.4 Å². The second-order valence-corrected chi connectivity index (χ2v) is 11.9. The van der Waals surface area contributed by atoms with Gasteiger partial charge in [-0.2, -0.15) is 0 Å². The largest absolute Gasteiger partial charge is 0.454 e. The first-order valence-electron chi connectivity index (χ1n) is 13.3. The Morgan fingerprint density at radius 3 is 2.37 bits per heavy atom. The Morgan fingerprint density at radius 1 is 1.00 bits per heavy atom. The highest BCUT2D eigenvalue weighted by Crippen LogP contribution is 2.36. The van der Waals surface area contributed by atoms with Crippen molar-refractivity contribution in [2.45, 2.75) is 45.3 Å². The number of carbonyl (C=O) groups is 2. The number of carbonyl (C=O) groups excluding carboxylic acids is 2. The quantitative estimate of drug-likeness (QED) is 0.347. The summed E-state index contributed by atoms with van der Waals surface area (Å²) < 4.78 is 52.4. The number of hydrogen-bond donors (Lipinski definition) is 1. The van der Waals surface area contributed by atoms with Crippen LogP contribution in [0, 0.1) is 5.82 Å². The first kappa shape index (κ1) is 29.9. The van der Waals surface area contributed by atoms with Gasteiger partial charge in [-0.05, 0) is 37.1 Å². The summed E-state index contributed by atoms with van der Waals surface area (Å²) in [5.74, 6) is -0.818. The molecule has 1 aliphatic heterocycles. The number of anilines is 1. The average molecular weight is 584 g/mol. The Kier molecular flexibility index (Phi) is 9.49. The molecule has 0 saturated heterocycles. The monoisotopic (exact) mass is 583 g/mol. The van der Waals surface area contributed by atoms with Crippen LogP contribution in [0.2, 0.25) is 0 Å². The number of hydrogen-bond acceptors (Lipinski definition) is 6. The zero-order valence-electron chi connectivity index (χ0n) is 23.2. The van der Waals surface area contributed by atoms with E-state index in [0.29, 0.717) is 17.9 Å². The van der Waals surface area contributed by atoms with E-state index in [4.69, 9.17) is 9.47 Å². The molecule has 1 N–H and O–H groups in total. The van der Waals surface area contributed by atoms with E-state index in [0.717, 1.165) is 16.1 Å². The highest BCUT2D eigenvalue weighted by molar-refractivity contribution is 7.92. The molecule has 1 aliphatic rings. The number of ether oxygens (including phenoxy) is 2. The van der Waals surface area contributed by atoms with Gasteiger partial charge in [-0.3, -0.25) is 13.9 Å². The second-order valence-electron chi connectivity index (χ2n) is 9.94. The predicted molar refractivity (Wildman–Crippen MR) is 154 cm³/mol. The van der Waals surface area contributed by atoms with Crippen molar-refractivity contribution in [1.82, 2.24) is 10.2 Å². The van der Waals surface area contributed by atoms with E-state index >= 15 is 0 Å². The van der Waals surface area contributed by atoms with Crippen molar-refractivity contribution in [3.8, 4) is 11.5 Å². The van der Waals surface area contributed by atoms with Gasteiger partial charge < -0.3 is 19.7 Å². The number of benzene rings is 3. The lowest BCUT2D eigenvalue weighted by Crippen LogP contribution is -2.54. The minimum Gasteiger partial charge on any atom is -0.454 e. The maximum Gasteiger partial charge on any atom is 0.244 e. The minimum absolute atomic E-state index is 0.000526. The average Bonchev–Trinajstić information content (AvgIpc) is 3.42. The molecule has 2 atom stereocenters. The summed E-state index contributed by atoms with van der Waals surface area (Å²) in [6.07, 6.45) is 1.80. The van der Waals surface area contributed by atoms with Gasteiger partial charge in [0.25, 0.3) is 0 Å². The lowest BCUT2D eigenvalue weighted by molar-refractivity contribution is -0.140. The van der Waals surface area contributed by atoms with Crippen LogP contribution < -0.4 is 19.1 Å². The third-order valence-electron chi connectivity index (χ3n) is 6.89. The molecule has 41 heavy (non-hydrogen) atoms. The van der Waals surface area contributed by atoms with Crippen molar-refractivity contribution in [3.63, 3.8) is 0 Å². The highest BCUT2D eigenvalue weighted by atomic mass is 32.2. The Balaban J connectivity index is 1.74. The predicted octanol–water partition coefficient (Wildman–Crippen LogP) is 3.88. The van der Waals surface area contributed by atoms with Gasteiger partial charge in [-0.1, -0.05) is 55.5 Å². The molecule has 0 aromatic heterocycles. The molecule has 9 nitrogen and oxygen atoms in total. The van der Waals surface area contributed by atoms with Crippen molar-refractivity contribution in [2.24, 2.45) is 0 Å². The van der Waals surface area contributed by atoms with Gasteiger partial charge in [0.05, 0.1) is 11.9 Å². The molecule has 1 heterocycles. The molecule has 0 aliphatic carbocycles. The standard InChI is InChI=1S/C30H34FN3O6S/c1-4-21(2)32-30(36)26(16-22-10-6-5-7-11-22)33(18-23-12-8-9-13-25(23)31)29(35)19-34(41(3,37)38)24-14-15-27-28(17-24)40-20-39-27/h5-15,17,21,26H,4,16,18-20H2,1-3H3,(H,32,36)/t21-,26+/m0/s1. The van der Waals surface area contributed by atoms with Crippen molar-refractivity contribution in [2.75, 3.05) is 23.9 Å². The Hall–Kier alpha value is -4.12. The first-order chi connectivity index (χ1) is 19.6. The molecule has 2 amide bonds. The summed E-state index contributed by atoms with van der Waals surface area (Å²) >= 11 is 0. The normalized spacial score (nSPS) is 13.8. The maximum atomic E-state index is 14.8. The van der Waals surface area contributed by atoms with Crippen molar-refractivity contribution >= 4 is 27.5 Å². The van der Waals surface area contributed by atoms with Crippen LogP contribution in [0.25, 0.3) is 0 Å². The molecular weight excluding hydrogens is 549 g/mol. The Morgan fingerprint density at radius 2 is 1.68 bits per heavy atom. The molecule has 3 aromatic rings. The van der Waals surface area contributed by atoms with E-state index in [1.807, 2.05) is 44.2 Å². The molecule has 0 saturated carbocycles. The fraction of sp³-hybridized carbons (Fsp3) is 0.333. The second kappa shape index (κ2) is 13.0. The molecule has 218 valence electrons. The Labute approximate surface area is 239 Å². The molecule has 0 unspecified atom stereocenters. The third kappa shape index (κ3) is 7.55. The maximum absolute atomic E-state index is 14.8. The van der Waals surface area contributed by atoms with Gasteiger partial charge in [0.1, 0.15) is 18.4 Å². The van der Waals surface area contributed by atoms with Crippen LogP contribution in [-0.2, 0) is 32.6 Å². The summed E-state index contributed by atoms with van der Waals surface area (Å²) in [4.78, 5) is 29.0. The molecule has 0 fully saturated rings. The van der Waals surface area contributed by atoms with Crippen LogP contribution >= 0.6 is 0 Å². The zero-order valence-corrected chi connectivity index (χ0v) is 24.1. The van der Waals surface area contributed by atoms with Crippen LogP contribution in [0.4, 0.5) is 10.1 Å². The first-order valence-corrected chi connectivity index (χ1v) is 15.2. The third-order valence-corrected chi connectivity index (χ3v) is 8.03. The fourth-order valence-electron chi connectivity index (χ4n) is 4.46. The molecular formula is C30H34FN3O6S. The van der Waals surface area contributed by atoms with Gasteiger partial charge in [-0.25, -0.2) is 12.8 Å². The van der Waals surface area contributed by atoms with Crippen molar-refractivity contribution in [1.29, 1.82) is 0 Å². The molecule has 11 heteroatoms. The van der Waals surface area contributed by atoms with Gasteiger partial charge >= 0.3 is 0 Å². The lowest BCUT2D eigenvalue weighted by atomic mass is 10.0. The number of halogens is 1. The van der Waals surface area contributed by atoms with E-state index in [2.05, 4.69) is 5.32 Å². The highest BCUT2D eigenvalue weighted by Gasteiger charge is 2.34. The summed E-state index contributed by atoms with van der Waals surface area (Å²) in [5.41, 5.74) is 1.18. The van der Waals surface area contributed by atoms with Crippen LogP contribution in [-0.4, -0.2) is 56.8 Å². The fourth-order valence-corrected chi connectivity index (χ4v) is 5.30. The summed E-state index contributed by atoms with van der Waals surface area (Å²) in [5, 5.41) is 2.94. The van der Waals surface area contributed by atoms with E-state index < -0.39 is 40.2 Å². The molecule has 3 aromatic carbocycles. The SMILES string of the molecule is CC[C@H](C)NC(=O)[C@@H](Cc1ccccc1)N(Cc1ccccc1F)C(=O)CN(c1ccc2c(c1)OCO2)S(C)(=O)=O. The van der Waals surface area contributed by atoms with Crippen LogP contribution in [0.5, 0.6) is 11.5 Å². The number of amides is 2. The number of nitrogens with zero attached hydrogens (tertiary/aromatic N) is 2. The molecule has 0 bridgehead atoms. The van der Waals surface area contributed by atoms with E-state index in [-0.39, 0.29) is 37.1 Å². The number of fused-ring (bicyclic) bond motifs is 1. The van der Waals surface area contributed by atoms with Gasteiger partial charge in [0.15, 0.2) is 11.5 Å². The number of nitrogens with one attached hydrogen (secondary N) is 1. The topological polar surface area (TPSA) is 105 Å². The lowest BCUT2D eigenvalue weighted by Gasteiger charge is -2.34. The zero-order chi connectivity index (χ0) is 29.6. The van der Waals surface area contributed by atoms with Crippen molar-refractivity contribution < 1.29 is 31.9 Å². The summed E-state index contributed by atoms with van der Waals surface area (Å²) in [7, 11) is -3.96. The number of rotatable bonds is 12. The number of sulfonamides is 1. The Bertz CT molecular complexity index is 1480. The minimum atomic E-state index is -3.96. The van der Waals surface area contributed by atoms with Crippen LogP contribution in [0.15, 0.2) is 72.8 Å². The van der Waals surface area contributed by atoms with E-state index in [1.165, 1.54) is 35.2 Å². The summed E-state index contributed by atoms with van der Waals surface area (Å²) in [6.45, 7) is 2.92. The van der Waals surface area contributed by atoms with Gasteiger partial charge in [0.2, 0.25) is 28.6 Å². The van der Waals surface area contributed by atoms with Gasteiger partial charge in [0, 0.05) is 30.6 Å².